The smallest absolute Gasteiger partial charge is 0.0651 e. The molecule has 2 heterocycles. The number of ether oxygens (including phenoxy) is 1. The van der Waals surface area contributed by atoms with Gasteiger partial charge in [-0.25, -0.2) is 0 Å². The highest BCUT2D eigenvalue weighted by Crippen LogP contribution is 2.30. The standard InChI is InChI=1S/C18H24N2O/c1-2-19-17(13-14-8-11-21-12-9-14)18-16-6-4-3-5-15(16)7-10-20-18/h3-7,10,14,17,19H,2,8-9,11-13H2,1H3. The maximum Gasteiger partial charge on any atom is 0.0651 e. The van der Waals surface area contributed by atoms with Crippen molar-refractivity contribution in [2.75, 3.05) is 19.8 Å². The zero-order valence-corrected chi connectivity index (χ0v) is 12.7. The van der Waals surface area contributed by atoms with Crippen LogP contribution in [0.3, 0.4) is 0 Å². The molecule has 1 atom stereocenters. The molecule has 0 spiro atoms. The van der Waals surface area contributed by atoms with Crippen molar-refractivity contribution in [1.82, 2.24) is 10.3 Å². The van der Waals surface area contributed by atoms with E-state index in [1.807, 2.05) is 6.20 Å². The maximum atomic E-state index is 5.48. The summed E-state index contributed by atoms with van der Waals surface area (Å²) in [7, 11) is 0. The van der Waals surface area contributed by atoms with Crippen LogP contribution in [0, 0.1) is 5.92 Å². The number of rotatable bonds is 5. The van der Waals surface area contributed by atoms with Crippen molar-refractivity contribution in [3.63, 3.8) is 0 Å². The Morgan fingerprint density at radius 2 is 2.05 bits per heavy atom. The topological polar surface area (TPSA) is 34.1 Å². The van der Waals surface area contributed by atoms with E-state index in [9.17, 15) is 0 Å². The van der Waals surface area contributed by atoms with E-state index in [2.05, 4.69) is 42.6 Å². The van der Waals surface area contributed by atoms with Gasteiger partial charge < -0.3 is 10.1 Å². The molecule has 1 saturated heterocycles. The summed E-state index contributed by atoms with van der Waals surface area (Å²) in [5.74, 6) is 0.739. The van der Waals surface area contributed by atoms with Crippen molar-refractivity contribution in [2.45, 2.75) is 32.2 Å². The Labute approximate surface area is 126 Å². The van der Waals surface area contributed by atoms with Crippen LogP contribution in [0.25, 0.3) is 10.8 Å². The molecule has 3 heteroatoms. The summed E-state index contributed by atoms with van der Waals surface area (Å²) in [4.78, 5) is 4.70. The minimum Gasteiger partial charge on any atom is -0.381 e. The van der Waals surface area contributed by atoms with Gasteiger partial charge in [0.15, 0.2) is 0 Å². The van der Waals surface area contributed by atoms with E-state index >= 15 is 0 Å². The highest BCUT2D eigenvalue weighted by atomic mass is 16.5. The number of hydrogen-bond donors (Lipinski definition) is 1. The Kier molecular flexibility index (Phi) is 4.84. The lowest BCUT2D eigenvalue weighted by atomic mass is 9.90. The van der Waals surface area contributed by atoms with Crippen molar-refractivity contribution in [2.24, 2.45) is 5.92 Å². The van der Waals surface area contributed by atoms with E-state index in [0.29, 0.717) is 6.04 Å². The lowest BCUT2D eigenvalue weighted by Gasteiger charge is -2.27. The van der Waals surface area contributed by atoms with Crippen molar-refractivity contribution in [3.05, 3.63) is 42.2 Å². The van der Waals surface area contributed by atoms with E-state index in [-0.39, 0.29) is 0 Å². The van der Waals surface area contributed by atoms with Gasteiger partial charge in [-0.1, -0.05) is 31.2 Å². The van der Waals surface area contributed by atoms with Gasteiger partial charge in [-0.3, -0.25) is 4.98 Å². The molecular weight excluding hydrogens is 260 g/mol. The maximum absolute atomic E-state index is 5.48. The largest absolute Gasteiger partial charge is 0.381 e. The summed E-state index contributed by atoms with van der Waals surface area (Å²) in [6, 6.07) is 11.0. The molecule has 21 heavy (non-hydrogen) atoms. The van der Waals surface area contributed by atoms with E-state index in [1.165, 1.54) is 29.3 Å². The van der Waals surface area contributed by atoms with Crippen molar-refractivity contribution < 1.29 is 4.74 Å². The van der Waals surface area contributed by atoms with Gasteiger partial charge >= 0.3 is 0 Å². The van der Waals surface area contributed by atoms with Gasteiger partial charge in [0.1, 0.15) is 0 Å². The Morgan fingerprint density at radius 3 is 2.86 bits per heavy atom. The van der Waals surface area contributed by atoms with Gasteiger partial charge in [0.2, 0.25) is 0 Å². The molecule has 3 nitrogen and oxygen atoms in total. The summed E-state index contributed by atoms with van der Waals surface area (Å²) < 4.78 is 5.48. The molecule has 1 aromatic heterocycles. The van der Waals surface area contributed by atoms with Crippen LogP contribution in [-0.4, -0.2) is 24.7 Å². The number of nitrogens with zero attached hydrogens (tertiary/aromatic N) is 1. The van der Waals surface area contributed by atoms with Crippen LogP contribution >= 0.6 is 0 Å². The Bertz CT molecular complexity index is 573. The molecule has 0 aliphatic carbocycles. The van der Waals surface area contributed by atoms with Gasteiger partial charge in [-0.05, 0) is 43.2 Å². The molecule has 112 valence electrons. The van der Waals surface area contributed by atoms with E-state index in [0.717, 1.165) is 32.1 Å². The van der Waals surface area contributed by atoms with Crippen LogP contribution in [0.15, 0.2) is 36.5 Å². The quantitative estimate of drug-likeness (QED) is 0.909. The number of nitrogens with one attached hydrogen (secondary N) is 1. The van der Waals surface area contributed by atoms with Crippen LogP contribution in [0.2, 0.25) is 0 Å². The first-order valence-corrected chi connectivity index (χ1v) is 8.03. The highest BCUT2D eigenvalue weighted by molar-refractivity contribution is 5.84. The number of fused-ring (bicyclic) bond motifs is 1. The van der Waals surface area contributed by atoms with Gasteiger partial charge in [0.25, 0.3) is 0 Å². The number of hydrogen-bond acceptors (Lipinski definition) is 3. The zero-order valence-electron chi connectivity index (χ0n) is 12.7. The number of aromatic nitrogens is 1. The van der Waals surface area contributed by atoms with Gasteiger partial charge in [0.05, 0.1) is 11.7 Å². The first kappa shape index (κ1) is 14.5. The summed E-state index contributed by atoms with van der Waals surface area (Å²) in [5.41, 5.74) is 1.20. The molecule has 1 unspecified atom stereocenters. The van der Waals surface area contributed by atoms with Crippen molar-refractivity contribution >= 4 is 10.8 Å². The summed E-state index contributed by atoms with van der Waals surface area (Å²) in [6.45, 7) is 4.96. The predicted molar refractivity (Wildman–Crippen MR) is 86.3 cm³/mol. The highest BCUT2D eigenvalue weighted by Gasteiger charge is 2.22. The molecule has 1 aromatic carbocycles. The zero-order chi connectivity index (χ0) is 14.5. The molecule has 0 amide bonds. The fraction of sp³-hybridized carbons (Fsp3) is 0.500. The second-order valence-electron chi connectivity index (χ2n) is 5.82. The third-order valence-corrected chi connectivity index (χ3v) is 4.39. The van der Waals surface area contributed by atoms with E-state index < -0.39 is 0 Å². The number of benzene rings is 1. The van der Waals surface area contributed by atoms with Crippen LogP contribution < -0.4 is 5.32 Å². The summed E-state index contributed by atoms with van der Waals surface area (Å²) in [5, 5.41) is 6.19. The van der Waals surface area contributed by atoms with Crippen LogP contribution in [-0.2, 0) is 4.74 Å². The lowest BCUT2D eigenvalue weighted by Crippen LogP contribution is -2.27. The summed E-state index contributed by atoms with van der Waals surface area (Å²) in [6.07, 6.45) is 5.43. The first-order valence-electron chi connectivity index (χ1n) is 8.03. The van der Waals surface area contributed by atoms with E-state index in [1.54, 1.807) is 0 Å². The molecule has 0 radical (unpaired) electrons. The Balaban J connectivity index is 1.87. The van der Waals surface area contributed by atoms with Crippen LogP contribution in [0.1, 0.15) is 37.9 Å². The monoisotopic (exact) mass is 284 g/mol. The predicted octanol–water partition coefficient (Wildman–Crippen LogP) is 3.70. The average molecular weight is 284 g/mol. The van der Waals surface area contributed by atoms with E-state index in [4.69, 9.17) is 9.72 Å². The van der Waals surface area contributed by atoms with Crippen molar-refractivity contribution in [3.8, 4) is 0 Å². The Hall–Kier alpha value is -1.45. The third-order valence-electron chi connectivity index (χ3n) is 4.39. The van der Waals surface area contributed by atoms with Gasteiger partial charge in [-0.15, -0.1) is 0 Å². The molecule has 3 rings (SSSR count). The number of pyridine rings is 1. The SMILES string of the molecule is CCNC(CC1CCOCC1)c1nccc2ccccc12. The Morgan fingerprint density at radius 1 is 1.24 bits per heavy atom. The third kappa shape index (κ3) is 3.42. The summed E-state index contributed by atoms with van der Waals surface area (Å²) >= 11 is 0. The minimum atomic E-state index is 0.337. The van der Waals surface area contributed by atoms with Gasteiger partial charge in [0, 0.05) is 24.8 Å². The molecule has 1 N–H and O–H groups in total. The van der Waals surface area contributed by atoms with Crippen molar-refractivity contribution in [1.29, 1.82) is 0 Å². The normalized spacial score (nSPS) is 18.0. The second-order valence-corrected chi connectivity index (χ2v) is 5.82. The molecule has 0 saturated carbocycles. The molecule has 1 aliphatic rings. The van der Waals surface area contributed by atoms with Crippen LogP contribution in [0.4, 0.5) is 0 Å². The minimum absolute atomic E-state index is 0.337. The van der Waals surface area contributed by atoms with Gasteiger partial charge in [-0.2, -0.15) is 0 Å². The molecule has 0 bridgehead atoms. The van der Waals surface area contributed by atoms with Crippen LogP contribution in [0.5, 0.6) is 0 Å². The molecule has 1 fully saturated rings. The molecule has 1 aliphatic heterocycles. The lowest BCUT2D eigenvalue weighted by molar-refractivity contribution is 0.0605. The second kappa shape index (κ2) is 7.01. The fourth-order valence-corrected chi connectivity index (χ4v) is 3.27. The fourth-order valence-electron chi connectivity index (χ4n) is 3.27. The average Bonchev–Trinajstić information content (AvgIpc) is 2.55. The molecular formula is C18H24N2O. The first-order chi connectivity index (χ1) is 10.4. The molecule has 2 aromatic rings.